The van der Waals surface area contributed by atoms with Gasteiger partial charge in [-0.2, -0.15) is 4.39 Å². The number of halogens is 1. The molecule has 0 bridgehead atoms. The number of hydrogen-bond acceptors (Lipinski definition) is 8. The van der Waals surface area contributed by atoms with Crippen molar-refractivity contribution in [3.8, 4) is 0 Å². The Bertz CT molecular complexity index is 1340. The van der Waals surface area contributed by atoms with E-state index in [9.17, 15) is 33.7 Å². The van der Waals surface area contributed by atoms with Crippen LogP contribution in [-0.2, 0) is 35.0 Å². The lowest BCUT2D eigenvalue weighted by Gasteiger charge is -2.08. The summed E-state index contributed by atoms with van der Waals surface area (Å²) in [6.07, 6.45) is 1.19. The highest BCUT2D eigenvalue weighted by Gasteiger charge is 2.18. The number of benzene rings is 1. The Hall–Kier alpha value is -4.36. The molecule has 0 aliphatic heterocycles. The Kier molecular flexibility index (Phi) is 5.63. The van der Waals surface area contributed by atoms with Crippen LogP contribution in [0.5, 0.6) is 0 Å². The smallest absolute Gasteiger partial charge is 0.332 e. The Morgan fingerprint density at radius 3 is 2.65 bits per heavy atom. The van der Waals surface area contributed by atoms with Gasteiger partial charge in [0.05, 0.1) is 11.3 Å². The number of carbonyl (C=O) groups is 2. The van der Waals surface area contributed by atoms with Crippen molar-refractivity contribution >= 4 is 34.4 Å². The predicted octanol–water partition coefficient (Wildman–Crippen LogP) is -0.337. The average Bonchev–Trinajstić information content (AvgIpc) is 3.14. The number of nitro groups is 1. The maximum Gasteiger partial charge on any atom is 0.332 e. The molecule has 1 amide bonds. The lowest BCUT2D eigenvalue weighted by atomic mass is 10.2. The minimum atomic E-state index is -1.06. The van der Waals surface area contributed by atoms with Crippen LogP contribution in [0.1, 0.15) is 0 Å². The van der Waals surface area contributed by atoms with E-state index in [1.807, 2.05) is 0 Å². The van der Waals surface area contributed by atoms with Crippen molar-refractivity contribution in [2.75, 3.05) is 11.9 Å². The molecule has 3 aromatic rings. The summed E-state index contributed by atoms with van der Waals surface area (Å²) in [6, 6.07) is 2.75. The van der Waals surface area contributed by atoms with Crippen molar-refractivity contribution in [3.05, 3.63) is 61.3 Å². The number of nitrogens with zero attached hydrogens (tertiary/aromatic N) is 5. The molecule has 0 atom stereocenters. The SMILES string of the molecule is Cn1c(=O)c2c(ncn2CC(=O)OCC(=O)Nc2ccc(F)c([N+](=O)[O-])c2)n(C)c1=O. The van der Waals surface area contributed by atoms with Crippen molar-refractivity contribution in [2.24, 2.45) is 14.1 Å². The van der Waals surface area contributed by atoms with Gasteiger partial charge >= 0.3 is 17.3 Å². The quantitative estimate of drug-likeness (QED) is 0.313. The van der Waals surface area contributed by atoms with E-state index in [4.69, 9.17) is 4.74 Å². The van der Waals surface area contributed by atoms with Crippen LogP contribution in [0.15, 0.2) is 34.1 Å². The third kappa shape index (κ3) is 4.17. The van der Waals surface area contributed by atoms with Gasteiger partial charge in [-0.05, 0) is 12.1 Å². The summed E-state index contributed by atoms with van der Waals surface area (Å²) in [5.41, 5.74) is -2.03. The number of carbonyl (C=O) groups excluding carboxylic acids is 2. The number of nitro benzene ring substituents is 1. The molecule has 2 heterocycles. The molecule has 0 saturated carbocycles. The zero-order valence-electron chi connectivity index (χ0n) is 16.2. The van der Waals surface area contributed by atoms with Crippen molar-refractivity contribution in [1.29, 1.82) is 0 Å². The first kappa shape index (κ1) is 21.4. The van der Waals surface area contributed by atoms with Crippen molar-refractivity contribution in [3.63, 3.8) is 0 Å². The van der Waals surface area contributed by atoms with Crippen LogP contribution in [0.4, 0.5) is 15.8 Å². The van der Waals surface area contributed by atoms with Gasteiger partial charge in [0.1, 0.15) is 6.54 Å². The Labute approximate surface area is 171 Å². The van der Waals surface area contributed by atoms with Crippen molar-refractivity contribution < 1.29 is 23.6 Å². The number of rotatable bonds is 6. The van der Waals surface area contributed by atoms with E-state index >= 15 is 0 Å². The number of amides is 1. The summed E-state index contributed by atoms with van der Waals surface area (Å²) in [6.45, 7) is -1.19. The number of imidazole rings is 1. The van der Waals surface area contributed by atoms with Gasteiger partial charge in [-0.15, -0.1) is 0 Å². The van der Waals surface area contributed by atoms with Crippen molar-refractivity contribution in [1.82, 2.24) is 18.7 Å². The summed E-state index contributed by atoms with van der Waals surface area (Å²) >= 11 is 0. The second kappa shape index (κ2) is 8.17. The van der Waals surface area contributed by atoms with E-state index in [2.05, 4.69) is 10.3 Å². The topological polar surface area (TPSA) is 160 Å². The minimum absolute atomic E-state index is 0.00428. The average molecular weight is 434 g/mol. The number of ether oxygens (including phenoxy) is 1. The van der Waals surface area contributed by atoms with Crippen LogP contribution >= 0.6 is 0 Å². The second-order valence-electron chi connectivity index (χ2n) is 6.38. The number of anilines is 1. The molecule has 0 aliphatic rings. The number of fused-ring (bicyclic) bond motifs is 1. The minimum Gasteiger partial charge on any atom is -0.454 e. The molecule has 0 spiro atoms. The molecule has 1 aromatic carbocycles. The van der Waals surface area contributed by atoms with Crippen LogP contribution in [-0.4, -0.2) is 42.1 Å². The largest absolute Gasteiger partial charge is 0.454 e. The van der Waals surface area contributed by atoms with E-state index in [-0.39, 0.29) is 16.9 Å². The molecule has 3 rings (SSSR count). The highest BCUT2D eigenvalue weighted by Crippen LogP contribution is 2.21. The number of nitrogens with one attached hydrogen (secondary N) is 1. The second-order valence-corrected chi connectivity index (χ2v) is 6.38. The maximum absolute atomic E-state index is 13.3. The van der Waals surface area contributed by atoms with E-state index in [1.54, 1.807) is 0 Å². The van der Waals surface area contributed by atoms with E-state index < -0.39 is 52.7 Å². The summed E-state index contributed by atoms with van der Waals surface area (Å²) in [4.78, 5) is 62.0. The van der Waals surface area contributed by atoms with Gasteiger partial charge in [-0.3, -0.25) is 33.6 Å². The number of esters is 1. The van der Waals surface area contributed by atoms with Crippen LogP contribution in [0, 0.1) is 15.9 Å². The molecule has 0 aliphatic carbocycles. The lowest BCUT2D eigenvalue weighted by molar-refractivity contribution is -0.387. The van der Waals surface area contributed by atoms with E-state index in [0.29, 0.717) is 0 Å². The first-order valence-electron chi connectivity index (χ1n) is 8.60. The number of hydrogen-bond donors (Lipinski definition) is 1. The molecule has 13 nitrogen and oxygen atoms in total. The third-order valence-electron chi connectivity index (χ3n) is 4.31. The maximum atomic E-state index is 13.3. The summed E-state index contributed by atoms with van der Waals surface area (Å²) in [5, 5.41) is 13.0. The third-order valence-corrected chi connectivity index (χ3v) is 4.31. The first-order chi connectivity index (χ1) is 14.6. The van der Waals surface area contributed by atoms with Gasteiger partial charge in [0, 0.05) is 25.8 Å². The lowest BCUT2D eigenvalue weighted by Crippen LogP contribution is -2.37. The standard InChI is InChI=1S/C17H15FN6O7/c1-21-15-14(16(27)22(2)17(21)28)23(8-19-15)6-13(26)31-7-12(25)20-9-3-4-10(18)11(5-9)24(29)30/h3-5,8H,6-7H2,1-2H3,(H,20,25). The molecule has 1 N–H and O–H groups in total. The summed E-state index contributed by atoms with van der Waals surface area (Å²) < 4.78 is 21.4. The molecule has 0 unspecified atom stereocenters. The fourth-order valence-corrected chi connectivity index (χ4v) is 2.78. The first-order valence-corrected chi connectivity index (χ1v) is 8.60. The molecular formula is C17H15FN6O7. The van der Waals surface area contributed by atoms with Gasteiger partial charge in [0.15, 0.2) is 17.8 Å². The van der Waals surface area contributed by atoms with Crippen LogP contribution < -0.4 is 16.6 Å². The van der Waals surface area contributed by atoms with Gasteiger partial charge in [-0.25, -0.2) is 9.78 Å². The van der Waals surface area contributed by atoms with Crippen molar-refractivity contribution in [2.45, 2.75) is 6.54 Å². The van der Waals surface area contributed by atoms with E-state index in [1.165, 1.54) is 25.0 Å². The molecule has 0 fully saturated rings. The van der Waals surface area contributed by atoms with Crippen LogP contribution in [0.25, 0.3) is 11.2 Å². The molecule has 0 saturated heterocycles. The van der Waals surface area contributed by atoms with Crippen LogP contribution in [0.3, 0.4) is 0 Å². The Balaban J connectivity index is 1.67. The monoisotopic (exact) mass is 434 g/mol. The predicted molar refractivity (Wildman–Crippen MR) is 103 cm³/mol. The van der Waals surface area contributed by atoms with Gasteiger partial charge in [-0.1, -0.05) is 0 Å². The summed E-state index contributed by atoms with van der Waals surface area (Å²) in [5.74, 6) is -2.76. The zero-order valence-corrected chi connectivity index (χ0v) is 16.2. The normalized spacial score (nSPS) is 10.8. The zero-order chi connectivity index (χ0) is 22.9. The van der Waals surface area contributed by atoms with Gasteiger partial charge in [0.25, 0.3) is 11.5 Å². The van der Waals surface area contributed by atoms with Gasteiger partial charge in [0.2, 0.25) is 5.82 Å². The molecule has 0 radical (unpaired) electrons. The molecule has 162 valence electrons. The van der Waals surface area contributed by atoms with Crippen LogP contribution in [0.2, 0.25) is 0 Å². The fraction of sp³-hybridized carbons (Fsp3) is 0.235. The molecule has 14 heteroatoms. The molecular weight excluding hydrogens is 419 g/mol. The Morgan fingerprint density at radius 1 is 1.26 bits per heavy atom. The number of aryl methyl sites for hydroxylation is 1. The Morgan fingerprint density at radius 2 is 1.97 bits per heavy atom. The molecule has 31 heavy (non-hydrogen) atoms. The number of aromatic nitrogens is 4. The fourth-order valence-electron chi connectivity index (χ4n) is 2.78. The summed E-state index contributed by atoms with van der Waals surface area (Å²) in [7, 11) is 2.70. The highest BCUT2D eigenvalue weighted by atomic mass is 19.1. The van der Waals surface area contributed by atoms with Gasteiger partial charge < -0.3 is 14.6 Å². The molecule has 2 aromatic heterocycles. The highest BCUT2D eigenvalue weighted by molar-refractivity contribution is 5.93. The van der Waals surface area contributed by atoms with E-state index in [0.717, 1.165) is 27.3 Å².